The molecule has 0 radical (unpaired) electrons. The van der Waals surface area contributed by atoms with Crippen molar-refractivity contribution in [3.8, 4) is 17.2 Å². The first-order valence-electron chi connectivity index (χ1n) is 8.80. The summed E-state index contributed by atoms with van der Waals surface area (Å²) in [7, 11) is 6.73. The van der Waals surface area contributed by atoms with Crippen LogP contribution in [0.2, 0.25) is 0 Å². The van der Waals surface area contributed by atoms with Crippen molar-refractivity contribution in [1.82, 2.24) is 10.2 Å². The third-order valence-electron chi connectivity index (χ3n) is 4.95. The number of nitrogens with zero attached hydrogens (tertiary/aromatic N) is 1. The Kier molecular flexibility index (Phi) is 6.93. The molecule has 0 aromatic heterocycles. The largest absolute Gasteiger partial charge is 0.493 e. The number of nitrogens with one attached hydrogen (secondary N) is 1. The van der Waals surface area contributed by atoms with Crippen molar-refractivity contribution in [3.05, 3.63) is 17.7 Å². The van der Waals surface area contributed by atoms with E-state index in [9.17, 15) is 4.79 Å². The van der Waals surface area contributed by atoms with Crippen molar-refractivity contribution < 1.29 is 19.0 Å². The third-order valence-corrected chi connectivity index (χ3v) is 4.95. The number of hydrogen-bond donors (Lipinski definition) is 1. The molecule has 0 bridgehead atoms. The smallest absolute Gasteiger partial charge is 0.237 e. The molecule has 1 aliphatic carbocycles. The topological polar surface area (TPSA) is 60.0 Å². The first kappa shape index (κ1) is 19.4. The maximum atomic E-state index is 12.5. The van der Waals surface area contributed by atoms with E-state index in [-0.39, 0.29) is 11.9 Å². The zero-order chi connectivity index (χ0) is 18.4. The molecule has 1 N–H and O–H groups in total. The maximum absolute atomic E-state index is 12.5. The summed E-state index contributed by atoms with van der Waals surface area (Å²) in [6.07, 6.45) is 4.59. The molecule has 1 aromatic carbocycles. The van der Waals surface area contributed by atoms with Gasteiger partial charge in [0.25, 0.3) is 0 Å². The second kappa shape index (κ2) is 8.94. The number of ether oxygens (including phenoxy) is 3. The minimum Gasteiger partial charge on any atom is -0.493 e. The molecule has 25 heavy (non-hydrogen) atoms. The van der Waals surface area contributed by atoms with Crippen molar-refractivity contribution >= 4 is 5.91 Å². The summed E-state index contributed by atoms with van der Waals surface area (Å²) in [5.41, 5.74) is 0.947. The molecule has 6 heteroatoms. The van der Waals surface area contributed by atoms with Crippen LogP contribution in [-0.2, 0) is 11.3 Å². The number of carbonyl (C=O) groups is 1. The van der Waals surface area contributed by atoms with Gasteiger partial charge in [-0.1, -0.05) is 18.9 Å². The van der Waals surface area contributed by atoms with Crippen LogP contribution in [0.1, 0.15) is 38.2 Å². The number of hydrogen-bond acceptors (Lipinski definition) is 5. The fourth-order valence-electron chi connectivity index (χ4n) is 3.29. The predicted octanol–water partition coefficient (Wildman–Crippen LogP) is 2.59. The molecule has 1 aliphatic rings. The highest BCUT2D eigenvalue weighted by Gasteiger charge is 2.24. The molecular formula is C19H30N2O4. The predicted molar refractivity (Wildman–Crippen MR) is 97.4 cm³/mol. The van der Waals surface area contributed by atoms with Gasteiger partial charge in [0.1, 0.15) is 0 Å². The van der Waals surface area contributed by atoms with Crippen LogP contribution in [-0.4, -0.2) is 51.3 Å². The van der Waals surface area contributed by atoms with Crippen LogP contribution >= 0.6 is 0 Å². The molecule has 1 amide bonds. The van der Waals surface area contributed by atoms with Crippen LogP contribution in [0.15, 0.2) is 12.1 Å². The number of amides is 1. The SMILES string of the molecule is COc1ccc(CN(C)[C@@H](C)C(=O)NC2CCCC2)c(OC)c1OC. The fourth-order valence-corrected chi connectivity index (χ4v) is 3.29. The Hall–Kier alpha value is -1.95. The van der Waals surface area contributed by atoms with Gasteiger partial charge in [0.15, 0.2) is 11.5 Å². The molecule has 0 heterocycles. The first-order chi connectivity index (χ1) is 12.0. The van der Waals surface area contributed by atoms with Gasteiger partial charge in [-0.3, -0.25) is 9.69 Å². The van der Waals surface area contributed by atoms with Crippen molar-refractivity contribution in [2.45, 2.75) is 51.2 Å². The maximum Gasteiger partial charge on any atom is 0.237 e. The normalized spacial score (nSPS) is 15.9. The molecule has 0 unspecified atom stereocenters. The summed E-state index contributed by atoms with van der Waals surface area (Å²) in [6, 6.07) is 3.91. The Morgan fingerprint density at radius 2 is 1.80 bits per heavy atom. The lowest BCUT2D eigenvalue weighted by molar-refractivity contribution is -0.126. The standard InChI is InChI=1S/C19H30N2O4/c1-13(19(22)20-15-8-6-7-9-15)21(2)12-14-10-11-16(23-3)18(25-5)17(14)24-4/h10-11,13,15H,6-9,12H2,1-5H3,(H,20,22)/t13-/m0/s1. The second-order valence-electron chi connectivity index (χ2n) is 6.57. The Morgan fingerprint density at radius 3 is 2.36 bits per heavy atom. The van der Waals surface area contributed by atoms with Gasteiger partial charge in [0.05, 0.1) is 27.4 Å². The van der Waals surface area contributed by atoms with Crippen LogP contribution in [0.3, 0.4) is 0 Å². The Balaban J connectivity index is 2.08. The van der Waals surface area contributed by atoms with E-state index in [1.165, 1.54) is 12.8 Å². The number of methoxy groups -OCH3 is 3. The zero-order valence-corrected chi connectivity index (χ0v) is 15.9. The van der Waals surface area contributed by atoms with Gasteiger partial charge in [0.2, 0.25) is 11.7 Å². The van der Waals surface area contributed by atoms with Gasteiger partial charge in [-0.2, -0.15) is 0 Å². The highest BCUT2D eigenvalue weighted by molar-refractivity contribution is 5.81. The molecule has 6 nitrogen and oxygen atoms in total. The van der Waals surface area contributed by atoms with Crippen LogP contribution < -0.4 is 19.5 Å². The van der Waals surface area contributed by atoms with E-state index in [1.54, 1.807) is 21.3 Å². The van der Waals surface area contributed by atoms with Gasteiger partial charge in [-0.15, -0.1) is 0 Å². The van der Waals surface area contributed by atoms with E-state index < -0.39 is 0 Å². The van der Waals surface area contributed by atoms with Crippen molar-refractivity contribution in [3.63, 3.8) is 0 Å². The summed E-state index contributed by atoms with van der Waals surface area (Å²) in [4.78, 5) is 14.5. The Labute approximate surface area is 150 Å². The molecule has 2 rings (SSSR count). The zero-order valence-electron chi connectivity index (χ0n) is 15.9. The van der Waals surface area contributed by atoms with E-state index in [0.29, 0.717) is 29.8 Å². The Bertz CT molecular complexity index is 585. The van der Waals surface area contributed by atoms with E-state index in [0.717, 1.165) is 18.4 Å². The monoisotopic (exact) mass is 350 g/mol. The summed E-state index contributed by atoms with van der Waals surface area (Å²) in [5, 5.41) is 3.16. The van der Waals surface area contributed by atoms with Crippen molar-refractivity contribution in [1.29, 1.82) is 0 Å². The lowest BCUT2D eigenvalue weighted by Gasteiger charge is -2.26. The van der Waals surface area contributed by atoms with Gasteiger partial charge < -0.3 is 19.5 Å². The van der Waals surface area contributed by atoms with E-state index in [4.69, 9.17) is 14.2 Å². The van der Waals surface area contributed by atoms with Crippen molar-refractivity contribution in [2.75, 3.05) is 28.4 Å². The number of carbonyl (C=O) groups excluding carboxylic acids is 1. The molecule has 1 saturated carbocycles. The van der Waals surface area contributed by atoms with Crippen molar-refractivity contribution in [2.24, 2.45) is 0 Å². The molecule has 0 saturated heterocycles. The van der Waals surface area contributed by atoms with Gasteiger partial charge in [0, 0.05) is 18.2 Å². The van der Waals surface area contributed by atoms with E-state index >= 15 is 0 Å². The Morgan fingerprint density at radius 1 is 1.16 bits per heavy atom. The third kappa shape index (κ3) is 4.57. The van der Waals surface area contributed by atoms with Crippen LogP contribution in [0.4, 0.5) is 0 Å². The number of rotatable bonds is 8. The van der Waals surface area contributed by atoms with Crippen LogP contribution in [0.5, 0.6) is 17.2 Å². The minimum atomic E-state index is -0.224. The van der Waals surface area contributed by atoms with Gasteiger partial charge in [-0.25, -0.2) is 0 Å². The lowest BCUT2D eigenvalue weighted by Crippen LogP contribution is -2.46. The molecule has 140 valence electrons. The molecular weight excluding hydrogens is 320 g/mol. The van der Waals surface area contributed by atoms with Crippen LogP contribution in [0.25, 0.3) is 0 Å². The summed E-state index contributed by atoms with van der Waals surface area (Å²) < 4.78 is 16.3. The highest BCUT2D eigenvalue weighted by atomic mass is 16.5. The summed E-state index contributed by atoms with van der Waals surface area (Å²) in [6.45, 7) is 2.50. The average Bonchev–Trinajstić information content (AvgIpc) is 3.13. The highest BCUT2D eigenvalue weighted by Crippen LogP contribution is 2.40. The summed E-state index contributed by atoms with van der Waals surface area (Å²) >= 11 is 0. The lowest BCUT2D eigenvalue weighted by atomic mass is 10.1. The summed E-state index contributed by atoms with van der Waals surface area (Å²) in [5.74, 6) is 1.91. The van der Waals surface area contributed by atoms with Gasteiger partial charge >= 0.3 is 0 Å². The average molecular weight is 350 g/mol. The quantitative estimate of drug-likeness (QED) is 0.781. The molecule has 1 atom stereocenters. The van der Waals surface area contributed by atoms with Crippen LogP contribution in [0, 0.1) is 0 Å². The number of likely N-dealkylation sites (N-methyl/N-ethyl adjacent to an activating group) is 1. The minimum absolute atomic E-state index is 0.0776. The van der Waals surface area contributed by atoms with Gasteiger partial charge in [-0.05, 0) is 32.9 Å². The van der Waals surface area contributed by atoms with E-state index in [1.807, 2.05) is 31.0 Å². The second-order valence-corrected chi connectivity index (χ2v) is 6.57. The molecule has 0 spiro atoms. The molecule has 1 fully saturated rings. The molecule has 0 aliphatic heterocycles. The molecule has 1 aromatic rings. The number of benzene rings is 1. The van der Waals surface area contributed by atoms with E-state index in [2.05, 4.69) is 5.32 Å². The fraction of sp³-hybridized carbons (Fsp3) is 0.632. The first-order valence-corrected chi connectivity index (χ1v) is 8.80.